The van der Waals surface area contributed by atoms with E-state index in [-0.39, 0.29) is 17.8 Å². The molecule has 0 radical (unpaired) electrons. The maximum atomic E-state index is 12.7. The maximum absolute atomic E-state index is 12.7. The summed E-state index contributed by atoms with van der Waals surface area (Å²) in [6.07, 6.45) is 0. The molecule has 0 spiro atoms. The van der Waals surface area contributed by atoms with Gasteiger partial charge in [0.1, 0.15) is 0 Å². The largest absolute Gasteiger partial charge is 0.469 e. The van der Waals surface area contributed by atoms with Crippen molar-refractivity contribution < 1.29 is 14.3 Å². The van der Waals surface area contributed by atoms with Gasteiger partial charge in [0.05, 0.1) is 17.9 Å². The van der Waals surface area contributed by atoms with Crippen LogP contribution >= 0.6 is 27.3 Å². The van der Waals surface area contributed by atoms with E-state index >= 15 is 0 Å². The SMILES string of the molecule is CCN(CC(C)C(=O)OC)C(=O)c1ccc(-c2ccc(Br)cc2)s1. The number of nitrogens with zero attached hydrogens (tertiary/aromatic N) is 1. The lowest BCUT2D eigenvalue weighted by Gasteiger charge is -2.22. The van der Waals surface area contributed by atoms with E-state index in [2.05, 4.69) is 15.9 Å². The second kappa shape index (κ2) is 8.44. The van der Waals surface area contributed by atoms with Crippen LogP contribution in [-0.2, 0) is 9.53 Å². The fourth-order valence-corrected chi connectivity index (χ4v) is 3.58. The van der Waals surface area contributed by atoms with Crippen molar-refractivity contribution in [3.05, 3.63) is 45.7 Å². The van der Waals surface area contributed by atoms with E-state index in [9.17, 15) is 9.59 Å². The summed E-state index contributed by atoms with van der Waals surface area (Å²) in [6.45, 7) is 4.58. The zero-order chi connectivity index (χ0) is 17.7. The summed E-state index contributed by atoms with van der Waals surface area (Å²) in [6, 6.07) is 11.8. The van der Waals surface area contributed by atoms with Crippen molar-refractivity contribution in [3.8, 4) is 10.4 Å². The predicted octanol–water partition coefficient (Wildman–Crippen LogP) is 4.45. The van der Waals surface area contributed by atoms with Crippen molar-refractivity contribution >= 4 is 39.1 Å². The molecule has 1 heterocycles. The summed E-state index contributed by atoms with van der Waals surface area (Å²) in [5, 5.41) is 0. The Kier molecular flexibility index (Phi) is 6.57. The van der Waals surface area contributed by atoms with Gasteiger partial charge in [0.15, 0.2) is 0 Å². The fourth-order valence-electron chi connectivity index (χ4n) is 2.34. The van der Waals surface area contributed by atoms with Gasteiger partial charge < -0.3 is 9.64 Å². The molecule has 1 amide bonds. The third kappa shape index (κ3) is 4.45. The monoisotopic (exact) mass is 409 g/mol. The Morgan fingerprint density at radius 3 is 2.46 bits per heavy atom. The number of carbonyl (C=O) groups excluding carboxylic acids is 2. The molecule has 128 valence electrons. The van der Waals surface area contributed by atoms with Gasteiger partial charge in [0.2, 0.25) is 0 Å². The number of thiophene rings is 1. The quantitative estimate of drug-likeness (QED) is 0.662. The first-order valence-corrected chi connectivity index (χ1v) is 9.30. The van der Waals surface area contributed by atoms with E-state index < -0.39 is 0 Å². The average molecular weight is 410 g/mol. The number of amides is 1. The first kappa shape index (κ1) is 18.7. The number of halogens is 1. The number of benzene rings is 1. The van der Waals surface area contributed by atoms with Gasteiger partial charge in [-0.15, -0.1) is 11.3 Å². The molecular formula is C18H20BrNO3S. The Bertz CT molecular complexity index is 711. The van der Waals surface area contributed by atoms with Crippen LogP contribution in [0, 0.1) is 5.92 Å². The minimum atomic E-state index is -0.343. The van der Waals surface area contributed by atoms with Crippen LogP contribution in [0.4, 0.5) is 0 Å². The molecule has 0 aliphatic carbocycles. The molecule has 2 aromatic rings. The molecular weight excluding hydrogens is 390 g/mol. The second-order valence-corrected chi connectivity index (χ2v) is 7.44. The number of carbonyl (C=O) groups is 2. The lowest BCUT2D eigenvalue weighted by atomic mass is 10.1. The van der Waals surface area contributed by atoms with E-state index in [4.69, 9.17) is 4.74 Å². The van der Waals surface area contributed by atoms with E-state index in [0.717, 1.165) is 14.9 Å². The second-order valence-electron chi connectivity index (χ2n) is 5.44. The molecule has 1 aromatic heterocycles. The van der Waals surface area contributed by atoms with Crippen LogP contribution in [0.5, 0.6) is 0 Å². The highest BCUT2D eigenvalue weighted by Gasteiger charge is 2.22. The summed E-state index contributed by atoms with van der Waals surface area (Å²) in [5.74, 6) is -0.700. The fraction of sp³-hybridized carbons (Fsp3) is 0.333. The summed E-state index contributed by atoms with van der Waals surface area (Å²) in [5.41, 5.74) is 1.08. The average Bonchev–Trinajstić information content (AvgIpc) is 3.08. The van der Waals surface area contributed by atoms with Crippen LogP contribution < -0.4 is 0 Å². The van der Waals surface area contributed by atoms with Crippen LogP contribution in [0.25, 0.3) is 10.4 Å². The normalized spacial score (nSPS) is 11.8. The summed E-state index contributed by atoms with van der Waals surface area (Å²) in [7, 11) is 1.36. The Labute approximate surface area is 154 Å². The Hall–Kier alpha value is -1.66. The van der Waals surface area contributed by atoms with Crippen molar-refractivity contribution in [1.82, 2.24) is 4.90 Å². The van der Waals surface area contributed by atoms with Gasteiger partial charge in [0, 0.05) is 22.4 Å². The number of hydrogen-bond donors (Lipinski definition) is 0. The highest BCUT2D eigenvalue weighted by molar-refractivity contribution is 9.10. The highest BCUT2D eigenvalue weighted by atomic mass is 79.9. The molecule has 0 fully saturated rings. The smallest absolute Gasteiger partial charge is 0.310 e. The number of hydrogen-bond acceptors (Lipinski definition) is 4. The van der Waals surface area contributed by atoms with Gasteiger partial charge in [-0.25, -0.2) is 0 Å². The van der Waals surface area contributed by atoms with E-state index in [1.165, 1.54) is 18.4 Å². The van der Waals surface area contributed by atoms with E-state index in [0.29, 0.717) is 18.0 Å². The van der Waals surface area contributed by atoms with Crippen LogP contribution in [0.1, 0.15) is 23.5 Å². The van der Waals surface area contributed by atoms with Crippen molar-refractivity contribution in [1.29, 1.82) is 0 Å². The summed E-state index contributed by atoms with van der Waals surface area (Å²) in [4.78, 5) is 27.7. The summed E-state index contributed by atoms with van der Waals surface area (Å²) >= 11 is 4.88. The Morgan fingerprint density at radius 1 is 1.21 bits per heavy atom. The molecule has 1 unspecified atom stereocenters. The van der Waals surface area contributed by atoms with Crippen molar-refractivity contribution in [2.24, 2.45) is 5.92 Å². The first-order chi connectivity index (χ1) is 11.5. The number of ether oxygens (including phenoxy) is 1. The molecule has 0 aliphatic heterocycles. The Morgan fingerprint density at radius 2 is 1.88 bits per heavy atom. The molecule has 2 rings (SSSR count). The minimum Gasteiger partial charge on any atom is -0.469 e. The first-order valence-electron chi connectivity index (χ1n) is 7.69. The van der Waals surface area contributed by atoms with Crippen molar-refractivity contribution in [3.63, 3.8) is 0 Å². The molecule has 0 bridgehead atoms. The lowest BCUT2D eigenvalue weighted by molar-refractivity contribution is -0.145. The third-order valence-electron chi connectivity index (χ3n) is 3.71. The molecule has 0 N–H and O–H groups in total. The van der Waals surface area contributed by atoms with Gasteiger partial charge in [-0.3, -0.25) is 9.59 Å². The van der Waals surface area contributed by atoms with Crippen molar-refractivity contribution in [2.75, 3.05) is 20.2 Å². The third-order valence-corrected chi connectivity index (χ3v) is 5.36. The van der Waals surface area contributed by atoms with Crippen LogP contribution in [0.15, 0.2) is 40.9 Å². The molecule has 1 atom stereocenters. The van der Waals surface area contributed by atoms with E-state index in [1.54, 1.807) is 11.8 Å². The molecule has 0 saturated carbocycles. The van der Waals surface area contributed by atoms with Gasteiger partial charge in [0.25, 0.3) is 5.91 Å². The van der Waals surface area contributed by atoms with Crippen LogP contribution in [0.3, 0.4) is 0 Å². The molecule has 0 saturated heterocycles. The summed E-state index contributed by atoms with van der Waals surface area (Å²) < 4.78 is 5.76. The van der Waals surface area contributed by atoms with Gasteiger partial charge in [-0.1, -0.05) is 35.0 Å². The number of rotatable bonds is 6. The van der Waals surface area contributed by atoms with Gasteiger partial charge >= 0.3 is 5.97 Å². The Balaban J connectivity index is 2.13. The van der Waals surface area contributed by atoms with Crippen LogP contribution in [0.2, 0.25) is 0 Å². The predicted molar refractivity (Wildman–Crippen MR) is 100 cm³/mol. The molecule has 24 heavy (non-hydrogen) atoms. The zero-order valence-corrected chi connectivity index (χ0v) is 16.3. The number of methoxy groups -OCH3 is 1. The van der Waals surface area contributed by atoms with Crippen molar-refractivity contribution in [2.45, 2.75) is 13.8 Å². The van der Waals surface area contributed by atoms with Gasteiger partial charge in [-0.2, -0.15) is 0 Å². The highest BCUT2D eigenvalue weighted by Crippen LogP contribution is 2.30. The lowest BCUT2D eigenvalue weighted by Crippen LogP contribution is -2.36. The standard InChI is InChI=1S/C18H20BrNO3S/c1-4-20(11-12(2)18(22)23-3)17(21)16-10-9-15(24-16)13-5-7-14(19)8-6-13/h5-10,12H,4,11H2,1-3H3. The van der Waals surface area contributed by atoms with E-state index in [1.807, 2.05) is 43.3 Å². The maximum Gasteiger partial charge on any atom is 0.310 e. The number of esters is 1. The molecule has 1 aromatic carbocycles. The molecule has 4 nitrogen and oxygen atoms in total. The molecule has 6 heteroatoms. The minimum absolute atomic E-state index is 0.0541. The topological polar surface area (TPSA) is 46.6 Å². The zero-order valence-electron chi connectivity index (χ0n) is 13.9. The van der Waals surface area contributed by atoms with Crippen LogP contribution in [-0.4, -0.2) is 37.0 Å². The van der Waals surface area contributed by atoms with Gasteiger partial charge in [-0.05, 0) is 36.8 Å². The molecule has 0 aliphatic rings.